The Morgan fingerprint density at radius 2 is 1.93 bits per heavy atom. The second-order valence-corrected chi connectivity index (χ2v) is 2.32. The molecule has 0 saturated carbocycles. The number of benzene rings is 1. The van der Waals surface area contributed by atoms with Gasteiger partial charge in [-0.3, -0.25) is 10.1 Å². The van der Waals surface area contributed by atoms with Crippen molar-refractivity contribution >= 4 is 5.69 Å². The van der Waals surface area contributed by atoms with E-state index in [9.17, 15) is 10.1 Å². The second kappa shape index (κ2) is 7.03. The molecule has 1 aromatic carbocycles. The molecular weight excluding hydrogens is 182 g/mol. The fourth-order valence-corrected chi connectivity index (χ4v) is 0.966. The molecule has 0 saturated heterocycles. The number of rotatable bonds is 3. The Balaban J connectivity index is 0.000000791. The molecule has 14 heavy (non-hydrogen) atoms. The molecule has 0 aromatic heterocycles. The van der Waals surface area contributed by atoms with E-state index in [0.29, 0.717) is 5.56 Å². The van der Waals surface area contributed by atoms with Crippen LogP contribution in [-0.4, -0.2) is 12.0 Å². The number of hydrogen-bond acceptors (Lipinski definition) is 3. The van der Waals surface area contributed by atoms with E-state index in [2.05, 4.69) is 0 Å². The van der Waals surface area contributed by atoms with Gasteiger partial charge in [0, 0.05) is 13.2 Å². The number of nitro groups is 1. The van der Waals surface area contributed by atoms with Crippen molar-refractivity contribution in [2.45, 2.75) is 20.5 Å². The van der Waals surface area contributed by atoms with Gasteiger partial charge in [0.05, 0.1) is 17.1 Å². The number of ether oxygens (including phenoxy) is 1. The molecule has 0 fully saturated rings. The quantitative estimate of drug-likeness (QED) is 0.553. The van der Waals surface area contributed by atoms with Gasteiger partial charge in [0.25, 0.3) is 5.69 Å². The Hall–Kier alpha value is -1.42. The Morgan fingerprint density at radius 1 is 1.36 bits per heavy atom. The summed E-state index contributed by atoms with van der Waals surface area (Å²) in [4.78, 5) is 10.0. The van der Waals surface area contributed by atoms with E-state index in [1.165, 1.54) is 13.2 Å². The zero-order valence-corrected chi connectivity index (χ0v) is 8.69. The average Bonchev–Trinajstić information content (AvgIpc) is 2.22. The third-order valence-electron chi connectivity index (χ3n) is 1.49. The standard InChI is InChI=1S/C8H9NO3.C2H6/c1-12-6-7-4-2-3-5-8(7)9(10)11;1-2/h2-5H,6H2,1H3;1-2H3. The molecule has 4 nitrogen and oxygen atoms in total. The highest BCUT2D eigenvalue weighted by Crippen LogP contribution is 2.17. The van der Waals surface area contributed by atoms with Crippen molar-refractivity contribution in [2.75, 3.05) is 7.11 Å². The summed E-state index contributed by atoms with van der Waals surface area (Å²) in [7, 11) is 1.51. The van der Waals surface area contributed by atoms with Crippen molar-refractivity contribution < 1.29 is 9.66 Å². The van der Waals surface area contributed by atoms with Crippen molar-refractivity contribution in [3.63, 3.8) is 0 Å². The topological polar surface area (TPSA) is 52.4 Å². The lowest BCUT2D eigenvalue weighted by atomic mass is 10.2. The Bertz CT molecular complexity index is 286. The summed E-state index contributed by atoms with van der Waals surface area (Å²) >= 11 is 0. The predicted molar refractivity (Wildman–Crippen MR) is 55.2 cm³/mol. The normalized spacial score (nSPS) is 8.79. The van der Waals surface area contributed by atoms with Gasteiger partial charge in [0.1, 0.15) is 0 Å². The molecule has 0 radical (unpaired) electrons. The van der Waals surface area contributed by atoms with Crippen molar-refractivity contribution in [1.82, 2.24) is 0 Å². The maximum atomic E-state index is 10.4. The Morgan fingerprint density at radius 3 is 2.43 bits per heavy atom. The molecule has 1 aromatic rings. The van der Waals surface area contributed by atoms with Gasteiger partial charge in [-0.05, 0) is 6.07 Å². The fraction of sp³-hybridized carbons (Fsp3) is 0.400. The van der Waals surface area contributed by atoms with Crippen LogP contribution in [-0.2, 0) is 11.3 Å². The van der Waals surface area contributed by atoms with Crippen LogP contribution in [0.2, 0.25) is 0 Å². The minimum atomic E-state index is -0.408. The molecule has 0 amide bonds. The first-order valence-corrected chi connectivity index (χ1v) is 4.47. The maximum Gasteiger partial charge on any atom is 0.274 e. The molecule has 0 aliphatic carbocycles. The molecule has 0 aliphatic heterocycles. The summed E-state index contributed by atoms with van der Waals surface area (Å²) in [5.74, 6) is 0. The van der Waals surface area contributed by atoms with Gasteiger partial charge in [-0.15, -0.1) is 0 Å². The van der Waals surface area contributed by atoms with Gasteiger partial charge in [-0.2, -0.15) is 0 Å². The van der Waals surface area contributed by atoms with E-state index in [1.54, 1.807) is 18.2 Å². The van der Waals surface area contributed by atoms with E-state index in [0.717, 1.165) is 0 Å². The van der Waals surface area contributed by atoms with Gasteiger partial charge in [0.2, 0.25) is 0 Å². The van der Waals surface area contributed by atoms with E-state index in [4.69, 9.17) is 4.74 Å². The SMILES string of the molecule is CC.COCc1ccccc1[N+](=O)[O-]. The molecule has 0 heterocycles. The Kier molecular flexibility index (Phi) is 6.32. The summed E-state index contributed by atoms with van der Waals surface area (Å²) in [5, 5.41) is 10.4. The first kappa shape index (κ1) is 12.6. The van der Waals surface area contributed by atoms with Gasteiger partial charge >= 0.3 is 0 Å². The summed E-state index contributed by atoms with van der Waals surface area (Å²) in [6, 6.07) is 6.54. The van der Waals surface area contributed by atoms with E-state index in [-0.39, 0.29) is 12.3 Å². The lowest BCUT2D eigenvalue weighted by molar-refractivity contribution is -0.385. The number of nitro benzene ring substituents is 1. The average molecular weight is 197 g/mol. The smallest absolute Gasteiger partial charge is 0.274 e. The fourth-order valence-electron chi connectivity index (χ4n) is 0.966. The lowest BCUT2D eigenvalue weighted by Gasteiger charge is -1.99. The zero-order valence-electron chi connectivity index (χ0n) is 8.69. The minimum Gasteiger partial charge on any atom is -0.380 e. The van der Waals surface area contributed by atoms with Crippen LogP contribution in [0.1, 0.15) is 19.4 Å². The van der Waals surface area contributed by atoms with Crippen LogP contribution in [0.3, 0.4) is 0 Å². The predicted octanol–water partition coefficient (Wildman–Crippen LogP) is 2.77. The first-order valence-electron chi connectivity index (χ1n) is 4.47. The zero-order chi connectivity index (χ0) is 11.0. The lowest BCUT2D eigenvalue weighted by Crippen LogP contribution is -1.95. The maximum absolute atomic E-state index is 10.4. The highest BCUT2D eigenvalue weighted by molar-refractivity contribution is 5.39. The van der Waals surface area contributed by atoms with E-state index in [1.807, 2.05) is 13.8 Å². The second-order valence-electron chi connectivity index (χ2n) is 2.32. The Labute approximate surface area is 83.7 Å². The number of para-hydroxylation sites is 1. The van der Waals surface area contributed by atoms with Crippen LogP contribution in [0.25, 0.3) is 0 Å². The molecule has 0 aliphatic rings. The molecule has 0 atom stereocenters. The molecule has 78 valence electrons. The highest BCUT2D eigenvalue weighted by atomic mass is 16.6. The molecule has 0 unspecified atom stereocenters. The van der Waals surface area contributed by atoms with Crippen molar-refractivity contribution in [3.05, 3.63) is 39.9 Å². The largest absolute Gasteiger partial charge is 0.380 e. The van der Waals surface area contributed by atoms with Crippen LogP contribution in [0, 0.1) is 10.1 Å². The number of hydrogen-bond donors (Lipinski definition) is 0. The van der Waals surface area contributed by atoms with Crippen LogP contribution >= 0.6 is 0 Å². The molecule has 0 bridgehead atoms. The third-order valence-corrected chi connectivity index (χ3v) is 1.49. The summed E-state index contributed by atoms with van der Waals surface area (Å²) in [6.45, 7) is 4.27. The van der Waals surface area contributed by atoms with Gasteiger partial charge < -0.3 is 4.74 Å². The monoisotopic (exact) mass is 197 g/mol. The summed E-state index contributed by atoms with van der Waals surface area (Å²) in [6.07, 6.45) is 0. The van der Waals surface area contributed by atoms with Gasteiger partial charge in [0.15, 0.2) is 0 Å². The number of nitrogens with zero attached hydrogens (tertiary/aromatic N) is 1. The molecule has 4 heteroatoms. The van der Waals surface area contributed by atoms with Gasteiger partial charge in [-0.25, -0.2) is 0 Å². The van der Waals surface area contributed by atoms with Crippen LogP contribution < -0.4 is 0 Å². The van der Waals surface area contributed by atoms with Crippen molar-refractivity contribution in [2.24, 2.45) is 0 Å². The molecule has 0 spiro atoms. The van der Waals surface area contributed by atoms with Gasteiger partial charge in [-0.1, -0.05) is 26.0 Å². The van der Waals surface area contributed by atoms with E-state index >= 15 is 0 Å². The highest BCUT2D eigenvalue weighted by Gasteiger charge is 2.10. The minimum absolute atomic E-state index is 0.111. The van der Waals surface area contributed by atoms with Crippen LogP contribution in [0.15, 0.2) is 24.3 Å². The summed E-state index contributed by atoms with van der Waals surface area (Å²) < 4.78 is 4.81. The molecule has 1 rings (SSSR count). The number of methoxy groups -OCH3 is 1. The van der Waals surface area contributed by atoms with Crippen LogP contribution in [0.4, 0.5) is 5.69 Å². The van der Waals surface area contributed by atoms with Crippen molar-refractivity contribution in [1.29, 1.82) is 0 Å². The first-order chi connectivity index (χ1) is 6.75. The molecule has 0 N–H and O–H groups in total. The third kappa shape index (κ3) is 3.53. The van der Waals surface area contributed by atoms with E-state index < -0.39 is 4.92 Å². The molecular formula is C10H15NO3. The summed E-state index contributed by atoms with van der Waals surface area (Å²) in [5.41, 5.74) is 0.712. The van der Waals surface area contributed by atoms with Crippen LogP contribution in [0.5, 0.6) is 0 Å². The van der Waals surface area contributed by atoms with Crippen molar-refractivity contribution in [3.8, 4) is 0 Å².